The summed E-state index contributed by atoms with van der Waals surface area (Å²) in [6, 6.07) is 8.02. The first-order valence-corrected chi connectivity index (χ1v) is 7.81. The monoisotopic (exact) mass is 349 g/mol. The van der Waals surface area contributed by atoms with E-state index in [4.69, 9.17) is 4.74 Å². The van der Waals surface area contributed by atoms with Crippen LogP contribution in [0.1, 0.15) is 25.1 Å². The van der Waals surface area contributed by atoms with E-state index in [1.165, 1.54) is 0 Å². The fourth-order valence-electron chi connectivity index (χ4n) is 1.74. The van der Waals surface area contributed by atoms with E-state index in [2.05, 4.69) is 45.1 Å². The molecule has 0 aliphatic carbocycles. The van der Waals surface area contributed by atoms with Crippen LogP contribution in [-0.4, -0.2) is 16.5 Å². The zero-order chi connectivity index (χ0) is 15.1. The van der Waals surface area contributed by atoms with E-state index in [9.17, 15) is 0 Å². The smallest absolute Gasteiger partial charge is 0.232 e. The molecule has 0 bridgehead atoms. The normalized spacial score (nSPS) is 10.9. The fraction of sp³-hybridized carbons (Fsp3) is 0.375. The molecule has 1 heterocycles. The van der Waals surface area contributed by atoms with Gasteiger partial charge in [0.1, 0.15) is 6.61 Å². The molecule has 21 heavy (non-hydrogen) atoms. The van der Waals surface area contributed by atoms with Gasteiger partial charge in [-0.25, -0.2) is 4.98 Å². The van der Waals surface area contributed by atoms with E-state index < -0.39 is 0 Å². The second kappa shape index (κ2) is 8.10. The van der Waals surface area contributed by atoms with E-state index in [0.29, 0.717) is 18.4 Å². The molecular formula is C16H20BrN3O. The van der Waals surface area contributed by atoms with Crippen molar-refractivity contribution in [2.75, 3.05) is 6.54 Å². The van der Waals surface area contributed by atoms with Crippen LogP contribution in [0.2, 0.25) is 0 Å². The number of benzene rings is 1. The second-order valence-electron chi connectivity index (χ2n) is 5.29. The first-order valence-electron chi connectivity index (χ1n) is 7.02. The maximum absolute atomic E-state index is 5.62. The highest BCUT2D eigenvalue weighted by atomic mass is 79.9. The molecule has 112 valence electrons. The fourth-order valence-corrected chi connectivity index (χ4v) is 2.00. The highest BCUT2D eigenvalue weighted by Gasteiger charge is 2.01. The van der Waals surface area contributed by atoms with Gasteiger partial charge in [0.2, 0.25) is 5.88 Å². The second-order valence-corrected chi connectivity index (χ2v) is 6.20. The van der Waals surface area contributed by atoms with Crippen LogP contribution in [0, 0.1) is 5.92 Å². The first-order chi connectivity index (χ1) is 10.1. The molecule has 0 unspecified atom stereocenters. The Labute approximate surface area is 134 Å². The van der Waals surface area contributed by atoms with Gasteiger partial charge in [0, 0.05) is 11.0 Å². The van der Waals surface area contributed by atoms with Crippen molar-refractivity contribution in [1.29, 1.82) is 0 Å². The van der Waals surface area contributed by atoms with Crippen molar-refractivity contribution < 1.29 is 4.74 Å². The van der Waals surface area contributed by atoms with Gasteiger partial charge in [-0.3, -0.25) is 4.98 Å². The number of nitrogens with zero attached hydrogens (tertiary/aromatic N) is 2. The molecule has 0 amide bonds. The molecule has 4 nitrogen and oxygen atoms in total. The summed E-state index contributed by atoms with van der Waals surface area (Å²) in [6.07, 6.45) is 3.43. The summed E-state index contributed by atoms with van der Waals surface area (Å²) in [5.41, 5.74) is 2.02. The predicted octanol–water partition coefficient (Wildman–Crippen LogP) is 3.56. The van der Waals surface area contributed by atoms with E-state index in [1.54, 1.807) is 12.4 Å². The summed E-state index contributed by atoms with van der Waals surface area (Å²) in [5.74, 6) is 1.18. The average molecular weight is 350 g/mol. The van der Waals surface area contributed by atoms with Crippen LogP contribution in [0.3, 0.4) is 0 Å². The van der Waals surface area contributed by atoms with Crippen molar-refractivity contribution in [2.45, 2.75) is 27.0 Å². The average Bonchev–Trinajstić information content (AvgIpc) is 2.48. The SMILES string of the molecule is CC(C)CNCc1cnc(OCc2ccc(Br)cc2)cn1. The summed E-state index contributed by atoms with van der Waals surface area (Å²) in [4.78, 5) is 8.62. The number of hydrogen-bond donors (Lipinski definition) is 1. The highest BCUT2D eigenvalue weighted by molar-refractivity contribution is 9.10. The number of halogens is 1. The number of rotatable bonds is 7. The molecule has 0 spiro atoms. The molecule has 0 saturated carbocycles. The molecule has 1 aromatic carbocycles. The molecule has 2 aromatic rings. The molecule has 0 saturated heterocycles. The Hall–Kier alpha value is -1.46. The van der Waals surface area contributed by atoms with Crippen LogP contribution in [0.5, 0.6) is 5.88 Å². The molecule has 0 fully saturated rings. The Morgan fingerprint density at radius 2 is 1.90 bits per heavy atom. The Morgan fingerprint density at radius 1 is 1.14 bits per heavy atom. The zero-order valence-electron chi connectivity index (χ0n) is 12.3. The molecule has 2 rings (SSSR count). The van der Waals surface area contributed by atoms with Gasteiger partial charge in [-0.05, 0) is 30.2 Å². The summed E-state index contributed by atoms with van der Waals surface area (Å²) in [7, 11) is 0. The Morgan fingerprint density at radius 3 is 2.52 bits per heavy atom. The van der Waals surface area contributed by atoms with Gasteiger partial charge in [0.25, 0.3) is 0 Å². The molecule has 0 radical (unpaired) electrons. The van der Waals surface area contributed by atoms with Gasteiger partial charge in [-0.15, -0.1) is 0 Å². The van der Waals surface area contributed by atoms with Crippen molar-refractivity contribution in [1.82, 2.24) is 15.3 Å². The van der Waals surface area contributed by atoms with Crippen LogP contribution in [0.4, 0.5) is 0 Å². The highest BCUT2D eigenvalue weighted by Crippen LogP contribution is 2.12. The summed E-state index contributed by atoms with van der Waals surface area (Å²) < 4.78 is 6.68. The van der Waals surface area contributed by atoms with Crippen molar-refractivity contribution >= 4 is 15.9 Å². The Bertz CT molecular complexity index is 540. The van der Waals surface area contributed by atoms with Crippen LogP contribution in [0.15, 0.2) is 41.1 Å². The lowest BCUT2D eigenvalue weighted by molar-refractivity contribution is 0.292. The standard InChI is InChI=1S/C16H20BrN3O/c1-12(2)7-18-8-15-9-20-16(10-19-15)21-11-13-3-5-14(17)6-4-13/h3-6,9-10,12,18H,7-8,11H2,1-2H3. The topological polar surface area (TPSA) is 47.0 Å². The van der Waals surface area contributed by atoms with Crippen molar-refractivity contribution in [2.24, 2.45) is 5.92 Å². The lowest BCUT2D eigenvalue weighted by Crippen LogP contribution is -2.19. The maximum atomic E-state index is 5.62. The summed E-state index contributed by atoms with van der Waals surface area (Å²) in [5, 5.41) is 3.34. The van der Waals surface area contributed by atoms with Gasteiger partial charge in [0.15, 0.2) is 0 Å². The minimum atomic E-state index is 0.493. The quantitative estimate of drug-likeness (QED) is 0.829. The number of ether oxygens (including phenoxy) is 1. The largest absolute Gasteiger partial charge is 0.472 e. The van der Waals surface area contributed by atoms with Gasteiger partial charge < -0.3 is 10.1 Å². The minimum absolute atomic E-state index is 0.493. The van der Waals surface area contributed by atoms with Gasteiger partial charge in [-0.1, -0.05) is 41.9 Å². The van der Waals surface area contributed by atoms with Crippen LogP contribution < -0.4 is 10.1 Å². The first kappa shape index (κ1) is 15.9. The van der Waals surface area contributed by atoms with E-state index >= 15 is 0 Å². The molecule has 0 aliphatic heterocycles. The van der Waals surface area contributed by atoms with Crippen LogP contribution >= 0.6 is 15.9 Å². The summed E-state index contributed by atoms with van der Waals surface area (Å²) in [6.45, 7) is 6.56. The maximum Gasteiger partial charge on any atom is 0.232 e. The van der Waals surface area contributed by atoms with Crippen molar-refractivity contribution in [3.63, 3.8) is 0 Å². The number of aromatic nitrogens is 2. The minimum Gasteiger partial charge on any atom is -0.472 e. The molecule has 5 heteroatoms. The lowest BCUT2D eigenvalue weighted by atomic mass is 10.2. The number of hydrogen-bond acceptors (Lipinski definition) is 4. The van der Waals surface area contributed by atoms with Crippen LogP contribution in [-0.2, 0) is 13.2 Å². The Balaban J connectivity index is 1.80. The molecule has 1 N–H and O–H groups in total. The molecular weight excluding hydrogens is 330 g/mol. The third kappa shape index (κ3) is 5.81. The molecule has 1 aromatic heterocycles. The molecule has 0 aliphatic rings. The third-order valence-electron chi connectivity index (χ3n) is 2.84. The van der Waals surface area contributed by atoms with Gasteiger partial charge in [0.05, 0.1) is 18.1 Å². The summed E-state index contributed by atoms with van der Waals surface area (Å²) >= 11 is 3.41. The third-order valence-corrected chi connectivity index (χ3v) is 3.37. The van der Waals surface area contributed by atoms with Crippen LogP contribution in [0.25, 0.3) is 0 Å². The zero-order valence-corrected chi connectivity index (χ0v) is 13.9. The Kier molecular flexibility index (Phi) is 6.14. The van der Waals surface area contributed by atoms with Crippen molar-refractivity contribution in [3.05, 3.63) is 52.4 Å². The molecule has 0 atom stereocenters. The predicted molar refractivity (Wildman–Crippen MR) is 87.1 cm³/mol. The lowest BCUT2D eigenvalue weighted by Gasteiger charge is -2.08. The van der Waals surface area contributed by atoms with Gasteiger partial charge in [-0.2, -0.15) is 0 Å². The van der Waals surface area contributed by atoms with E-state index in [1.807, 2.05) is 24.3 Å². The van der Waals surface area contributed by atoms with Crippen molar-refractivity contribution in [3.8, 4) is 5.88 Å². The number of nitrogens with one attached hydrogen (secondary N) is 1. The van der Waals surface area contributed by atoms with E-state index in [-0.39, 0.29) is 0 Å². The van der Waals surface area contributed by atoms with Gasteiger partial charge >= 0.3 is 0 Å². The van der Waals surface area contributed by atoms with E-state index in [0.717, 1.165) is 28.8 Å².